The van der Waals surface area contributed by atoms with Crippen molar-refractivity contribution in [2.75, 3.05) is 47.8 Å². The summed E-state index contributed by atoms with van der Waals surface area (Å²) in [5.74, 6) is 0.0991. The molecular formula is C26H32FN7O3. The summed E-state index contributed by atoms with van der Waals surface area (Å²) in [6.45, 7) is 12.3. The summed E-state index contributed by atoms with van der Waals surface area (Å²) < 4.78 is 21.6. The number of carbonyl (C=O) groups is 2. The fourth-order valence-corrected chi connectivity index (χ4v) is 4.95. The number of aryl methyl sites for hydroxylation is 2. The summed E-state index contributed by atoms with van der Waals surface area (Å²) in [6.07, 6.45) is 5.49. The highest BCUT2D eigenvalue weighted by molar-refractivity contribution is 6.03. The highest BCUT2D eigenvalue weighted by Gasteiger charge is 2.33. The van der Waals surface area contributed by atoms with Gasteiger partial charge in [0.15, 0.2) is 11.5 Å². The third-order valence-electron chi connectivity index (χ3n) is 6.52. The normalized spacial score (nSPS) is 15.8. The number of hydrogen-bond acceptors (Lipinski definition) is 6. The third-order valence-corrected chi connectivity index (χ3v) is 6.52. The van der Waals surface area contributed by atoms with Gasteiger partial charge in [0.2, 0.25) is 0 Å². The van der Waals surface area contributed by atoms with Gasteiger partial charge in [-0.3, -0.25) is 4.90 Å². The van der Waals surface area contributed by atoms with Crippen LogP contribution in [0.15, 0.2) is 24.7 Å². The molecule has 5 rings (SSSR count). The first-order valence-electron chi connectivity index (χ1n) is 12.4. The highest BCUT2D eigenvalue weighted by Crippen LogP contribution is 2.37. The summed E-state index contributed by atoms with van der Waals surface area (Å²) in [4.78, 5) is 40.0. The number of ether oxygens (including phenoxy) is 1. The minimum atomic E-state index is -0.532. The zero-order valence-corrected chi connectivity index (χ0v) is 21.8. The van der Waals surface area contributed by atoms with Crippen LogP contribution in [0.1, 0.15) is 37.6 Å². The molecule has 11 heteroatoms. The Morgan fingerprint density at radius 1 is 1.08 bits per heavy atom. The van der Waals surface area contributed by atoms with E-state index in [1.54, 1.807) is 39.7 Å². The van der Waals surface area contributed by atoms with Gasteiger partial charge in [0.1, 0.15) is 11.4 Å². The molecule has 0 bridgehead atoms. The molecule has 196 valence electrons. The molecular weight excluding hydrogens is 477 g/mol. The van der Waals surface area contributed by atoms with Crippen molar-refractivity contribution in [3.63, 3.8) is 0 Å². The number of pyridine rings is 2. The molecule has 0 atom stereocenters. The lowest BCUT2D eigenvalue weighted by Crippen LogP contribution is -2.50. The van der Waals surface area contributed by atoms with Crippen molar-refractivity contribution in [3.05, 3.63) is 47.3 Å². The lowest BCUT2D eigenvalue weighted by atomic mass is 10.1. The number of halogens is 1. The molecule has 0 radical (unpaired) electrons. The van der Waals surface area contributed by atoms with Crippen molar-refractivity contribution >= 4 is 35.0 Å². The molecule has 5 heterocycles. The molecule has 3 amide bonds. The Morgan fingerprint density at radius 2 is 1.81 bits per heavy atom. The number of rotatable bonds is 2. The van der Waals surface area contributed by atoms with E-state index in [9.17, 15) is 14.0 Å². The van der Waals surface area contributed by atoms with Crippen molar-refractivity contribution in [1.82, 2.24) is 19.3 Å². The van der Waals surface area contributed by atoms with Crippen LogP contribution in [0.5, 0.6) is 0 Å². The highest BCUT2D eigenvalue weighted by atomic mass is 19.1. The number of carbonyl (C=O) groups excluding carboxylic acids is 2. The van der Waals surface area contributed by atoms with Crippen molar-refractivity contribution in [3.8, 4) is 0 Å². The largest absolute Gasteiger partial charge is 0.444 e. The number of anilines is 3. The molecule has 0 spiro atoms. The topological polar surface area (TPSA) is 95.3 Å². The number of nitrogens with one attached hydrogen (secondary N) is 1. The number of amides is 3. The molecule has 3 aromatic heterocycles. The number of piperazine rings is 1. The summed E-state index contributed by atoms with van der Waals surface area (Å²) >= 11 is 0. The SMILES string of the molecule is Cc1cn2cc(NC(=O)N3CCc4c3ncc(C)c4N3CCN(C(=O)OC(C)(C)C)CC3)cc(F)c2n1. The van der Waals surface area contributed by atoms with E-state index in [0.29, 0.717) is 56.3 Å². The van der Waals surface area contributed by atoms with Crippen LogP contribution >= 0.6 is 0 Å². The van der Waals surface area contributed by atoms with E-state index in [2.05, 4.69) is 20.2 Å². The number of nitrogens with zero attached hydrogens (tertiary/aromatic N) is 6. The zero-order valence-electron chi connectivity index (χ0n) is 21.8. The van der Waals surface area contributed by atoms with E-state index >= 15 is 0 Å². The van der Waals surface area contributed by atoms with Crippen LogP contribution in [0.3, 0.4) is 0 Å². The zero-order chi connectivity index (χ0) is 26.5. The number of imidazole rings is 1. The standard InChI is InChI=1S/C26H32FN7O3/c1-16-13-28-22-19(21(16)31-8-10-32(11-9-31)25(36)37-26(3,4)5)6-7-34(22)24(35)30-18-12-20(27)23-29-17(2)14-33(23)15-18/h12-15H,6-11H2,1-5H3,(H,30,35). The second-order valence-electron chi connectivity index (χ2n) is 10.6. The summed E-state index contributed by atoms with van der Waals surface area (Å²) in [5.41, 5.74) is 3.81. The maximum atomic E-state index is 14.5. The number of hydrogen-bond donors (Lipinski definition) is 1. The second-order valence-corrected chi connectivity index (χ2v) is 10.6. The molecule has 2 aliphatic heterocycles. The van der Waals surface area contributed by atoms with Gasteiger partial charge in [-0.2, -0.15) is 0 Å². The average Bonchev–Trinajstić information content (AvgIpc) is 3.41. The van der Waals surface area contributed by atoms with Gasteiger partial charge in [0.25, 0.3) is 0 Å². The minimum Gasteiger partial charge on any atom is -0.444 e. The minimum absolute atomic E-state index is 0.218. The summed E-state index contributed by atoms with van der Waals surface area (Å²) in [5, 5.41) is 2.80. The van der Waals surface area contributed by atoms with E-state index in [1.807, 2.05) is 27.7 Å². The van der Waals surface area contributed by atoms with Gasteiger partial charge in [-0.05, 0) is 46.6 Å². The van der Waals surface area contributed by atoms with Crippen LogP contribution in [-0.4, -0.2) is 69.7 Å². The maximum Gasteiger partial charge on any atom is 0.410 e. The molecule has 1 N–H and O–H groups in total. The van der Waals surface area contributed by atoms with E-state index in [-0.39, 0.29) is 17.8 Å². The maximum absolute atomic E-state index is 14.5. The van der Waals surface area contributed by atoms with Crippen LogP contribution in [0, 0.1) is 19.7 Å². The van der Waals surface area contributed by atoms with E-state index < -0.39 is 11.4 Å². The van der Waals surface area contributed by atoms with E-state index in [0.717, 1.165) is 16.8 Å². The first kappa shape index (κ1) is 24.8. The summed E-state index contributed by atoms with van der Waals surface area (Å²) in [6, 6.07) is 0.904. The fraction of sp³-hybridized carbons (Fsp3) is 0.462. The fourth-order valence-electron chi connectivity index (χ4n) is 4.95. The van der Waals surface area contributed by atoms with Crippen LogP contribution < -0.4 is 15.1 Å². The van der Waals surface area contributed by atoms with E-state index in [1.165, 1.54) is 6.07 Å². The Balaban J connectivity index is 1.32. The van der Waals surface area contributed by atoms with Crippen molar-refractivity contribution in [2.24, 2.45) is 0 Å². The Hall–Kier alpha value is -3.89. The summed E-state index contributed by atoms with van der Waals surface area (Å²) in [7, 11) is 0. The van der Waals surface area contributed by atoms with Crippen molar-refractivity contribution < 1.29 is 18.7 Å². The molecule has 37 heavy (non-hydrogen) atoms. The Labute approximate surface area is 215 Å². The predicted octanol–water partition coefficient (Wildman–Crippen LogP) is 4.14. The van der Waals surface area contributed by atoms with Gasteiger partial charge in [0, 0.05) is 68.6 Å². The molecule has 1 saturated heterocycles. The first-order valence-corrected chi connectivity index (χ1v) is 12.4. The molecule has 1 fully saturated rings. The van der Waals surface area contributed by atoms with Crippen LogP contribution in [-0.2, 0) is 11.2 Å². The second kappa shape index (κ2) is 9.20. The third kappa shape index (κ3) is 4.90. The van der Waals surface area contributed by atoms with Crippen molar-refractivity contribution in [1.29, 1.82) is 0 Å². The van der Waals surface area contributed by atoms with Gasteiger partial charge < -0.3 is 24.3 Å². The monoisotopic (exact) mass is 509 g/mol. The van der Waals surface area contributed by atoms with E-state index in [4.69, 9.17) is 4.74 Å². The van der Waals surface area contributed by atoms with Gasteiger partial charge in [0.05, 0.1) is 11.4 Å². The van der Waals surface area contributed by atoms with Gasteiger partial charge in [-0.1, -0.05) is 0 Å². The smallest absolute Gasteiger partial charge is 0.410 e. The lowest BCUT2D eigenvalue weighted by molar-refractivity contribution is 0.0240. The van der Waals surface area contributed by atoms with Crippen LogP contribution in [0.4, 0.5) is 31.2 Å². The van der Waals surface area contributed by atoms with Gasteiger partial charge in [-0.25, -0.2) is 23.9 Å². The molecule has 3 aromatic rings. The quantitative estimate of drug-likeness (QED) is 0.558. The van der Waals surface area contributed by atoms with Crippen LogP contribution in [0.2, 0.25) is 0 Å². The average molecular weight is 510 g/mol. The molecule has 10 nitrogen and oxygen atoms in total. The van der Waals surface area contributed by atoms with Gasteiger partial charge >= 0.3 is 12.1 Å². The predicted molar refractivity (Wildman–Crippen MR) is 139 cm³/mol. The first-order chi connectivity index (χ1) is 17.5. The molecule has 0 aliphatic carbocycles. The Kier molecular flexibility index (Phi) is 6.17. The van der Waals surface area contributed by atoms with Gasteiger partial charge in [-0.15, -0.1) is 0 Å². The molecule has 0 aromatic carbocycles. The molecule has 2 aliphatic rings. The van der Waals surface area contributed by atoms with Crippen LogP contribution in [0.25, 0.3) is 5.65 Å². The Morgan fingerprint density at radius 3 is 2.51 bits per heavy atom. The number of urea groups is 1. The molecule has 0 saturated carbocycles. The van der Waals surface area contributed by atoms with Crippen molar-refractivity contribution in [2.45, 2.75) is 46.6 Å². The lowest BCUT2D eigenvalue weighted by Gasteiger charge is -2.38. The number of fused-ring (bicyclic) bond motifs is 2. The Bertz CT molecular complexity index is 1370. The molecule has 0 unspecified atom stereocenters. The number of aromatic nitrogens is 3.